The molecule has 4 heteroatoms. The van der Waals surface area contributed by atoms with Gasteiger partial charge in [0.2, 0.25) is 5.91 Å². The first-order chi connectivity index (χ1) is 8.18. The maximum absolute atomic E-state index is 12.0. The van der Waals surface area contributed by atoms with E-state index in [1.165, 1.54) is 0 Å². The summed E-state index contributed by atoms with van der Waals surface area (Å²) >= 11 is 3.56. The number of hydrogen-bond acceptors (Lipinski definition) is 2. The van der Waals surface area contributed by atoms with E-state index in [2.05, 4.69) is 22.0 Å². The van der Waals surface area contributed by atoms with Gasteiger partial charge in [-0.1, -0.05) is 34.1 Å². The molecule has 2 fully saturated rings. The standard InChI is InChI=1S/C13H15BrN2O/c14-10-4-2-1-3-9(10)13-11(15)7-12(17)16(13)8-5-6-8/h1-4,8,11,13H,5-7,15H2. The summed E-state index contributed by atoms with van der Waals surface area (Å²) < 4.78 is 1.04. The van der Waals surface area contributed by atoms with E-state index in [0.717, 1.165) is 22.9 Å². The number of halogens is 1. The summed E-state index contributed by atoms with van der Waals surface area (Å²) in [6.45, 7) is 0. The SMILES string of the molecule is NC1CC(=O)N(C2CC2)C1c1ccccc1Br. The molecule has 0 spiro atoms. The molecule has 90 valence electrons. The predicted octanol–water partition coefficient (Wildman–Crippen LogP) is 2.21. The molecule has 1 heterocycles. The highest BCUT2D eigenvalue weighted by molar-refractivity contribution is 9.10. The first kappa shape index (κ1) is 11.2. The lowest BCUT2D eigenvalue weighted by Gasteiger charge is -2.28. The zero-order valence-electron chi connectivity index (χ0n) is 9.47. The summed E-state index contributed by atoms with van der Waals surface area (Å²) in [6, 6.07) is 8.44. The maximum Gasteiger partial charge on any atom is 0.225 e. The molecular formula is C13H15BrN2O. The summed E-state index contributed by atoms with van der Waals surface area (Å²) in [4.78, 5) is 14.0. The third-order valence-electron chi connectivity index (χ3n) is 3.57. The van der Waals surface area contributed by atoms with E-state index >= 15 is 0 Å². The van der Waals surface area contributed by atoms with Crippen LogP contribution in [0.4, 0.5) is 0 Å². The summed E-state index contributed by atoms with van der Waals surface area (Å²) in [5, 5.41) is 0. The van der Waals surface area contributed by atoms with Gasteiger partial charge in [-0.2, -0.15) is 0 Å². The van der Waals surface area contributed by atoms with Gasteiger partial charge < -0.3 is 10.6 Å². The number of nitrogens with two attached hydrogens (primary N) is 1. The lowest BCUT2D eigenvalue weighted by Crippen LogP contribution is -2.34. The largest absolute Gasteiger partial charge is 0.331 e. The molecule has 2 unspecified atom stereocenters. The van der Waals surface area contributed by atoms with E-state index < -0.39 is 0 Å². The molecule has 1 aromatic rings. The van der Waals surface area contributed by atoms with Gasteiger partial charge in [0.25, 0.3) is 0 Å². The van der Waals surface area contributed by atoms with Crippen LogP contribution in [0.1, 0.15) is 30.9 Å². The Labute approximate surface area is 109 Å². The van der Waals surface area contributed by atoms with E-state index in [1.54, 1.807) is 0 Å². The van der Waals surface area contributed by atoms with E-state index in [1.807, 2.05) is 23.1 Å². The third-order valence-corrected chi connectivity index (χ3v) is 4.29. The maximum atomic E-state index is 12.0. The Morgan fingerprint density at radius 1 is 1.29 bits per heavy atom. The quantitative estimate of drug-likeness (QED) is 0.909. The van der Waals surface area contributed by atoms with E-state index in [0.29, 0.717) is 12.5 Å². The van der Waals surface area contributed by atoms with Gasteiger partial charge in [-0.25, -0.2) is 0 Å². The second-order valence-corrected chi connectivity index (χ2v) is 5.72. The highest BCUT2D eigenvalue weighted by atomic mass is 79.9. The number of amides is 1. The zero-order chi connectivity index (χ0) is 12.0. The summed E-state index contributed by atoms with van der Waals surface area (Å²) in [6.07, 6.45) is 2.72. The van der Waals surface area contributed by atoms with Crippen LogP contribution in [0.3, 0.4) is 0 Å². The van der Waals surface area contributed by atoms with Gasteiger partial charge in [-0.05, 0) is 24.5 Å². The minimum atomic E-state index is -0.0817. The molecule has 1 aliphatic heterocycles. The first-order valence-corrected chi connectivity index (χ1v) is 6.79. The lowest BCUT2D eigenvalue weighted by atomic mass is 10.0. The van der Waals surface area contributed by atoms with Crippen LogP contribution in [-0.4, -0.2) is 22.9 Å². The second-order valence-electron chi connectivity index (χ2n) is 4.87. The van der Waals surface area contributed by atoms with Gasteiger partial charge in [0.1, 0.15) is 0 Å². The number of nitrogens with zero attached hydrogens (tertiary/aromatic N) is 1. The Kier molecular flexibility index (Phi) is 2.71. The molecule has 1 amide bonds. The van der Waals surface area contributed by atoms with Crippen LogP contribution in [0, 0.1) is 0 Å². The average Bonchev–Trinajstić information content (AvgIpc) is 3.06. The molecule has 0 aromatic heterocycles. The number of benzene rings is 1. The monoisotopic (exact) mass is 294 g/mol. The highest BCUT2D eigenvalue weighted by Gasteiger charge is 2.46. The minimum absolute atomic E-state index is 0.0468. The molecule has 1 saturated heterocycles. The Hall–Kier alpha value is -0.870. The van der Waals surface area contributed by atoms with E-state index in [-0.39, 0.29) is 18.0 Å². The van der Waals surface area contributed by atoms with Crippen molar-refractivity contribution in [2.75, 3.05) is 0 Å². The van der Waals surface area contributed by atoms with Crippen LogP contribution in [0.15, 0.2) is 28.7 Å². The van der Waals surface area contributed by atoms with Gasteiger partial charge in [-0.3, -0.25) is 4.79 Å². The average molecular weight is 295 g/mol. The number of carbonyl (C=O) groups is 1. The van der Waals surface area contributed by atoms with Crippen LogP contribution < -0.4 is 5.73 Å². The van der Waals surface area contributed by atoms with Gasteiger partial charge in [0.05, 0.1) is 6.04 Å². The Bertz CT molecular complexity index is 458. The van der Waals surface area contributed by atoms with Crippen molar-refractivity contribution in [2.45, 2.75) is 37.4 Å². The van der Waals surface area contributed by atoms with Crippen molar-refractivity contribution < 1.29 is 4.79 Å². The Balaban J connectivity index is 1.99. The van der Waals surface area contributed by atoms with E-state index in [9.17, 15) is 4.79 Å². The molecule has 3 nitrogen and oxygen atoms in total. The molecule has 17 heavy (non-hydrogen) atoms. The van der Waals surface area contributed by atoms with Crippen molar-refractivity contribution in [3.63, 3.8) is 0 Å². The fourth-order valence-electron chi connectivity index (χ4n) is 2.66. The number of hydrogen-bond donors (Lipinski definition) is 1. The molecule has 1 saturated carbocycles. The van der Waals surface area contributed by atoms with Crippen LogP contribution in [0.5, 0.6) is 0 Å². The molecule has 1 aliphatic carbocycles. The van der Waals surface area contributed by atoms with Crippen LogP contribution >= 0.6 is 15.9 Å². The summed E-state index contributed by atoms with van der Waals surface area (Å²) in [7, 11) is 0. The van der Waals surface area contributed by atoms with Crippen LogP contribution in [0.2, 0.25) is 0 Å². The molecule has 2 atom stereocenters. The normalized spacial score (nSPS) is 28.8. The van der Waals surface area contributed by atoms with Crippen molar-refractivity contribution >= 4 is 21.8 Å². The molecule has 3 rings (SSSR count). The molecular weight excluding hydrogens is 280 g/mol. The Morgan fingerprint density at radius 3 is 2.65 bits per heavy atom. The molecule has 0 radical (unpaired) electrons. The second kappa shape index (κ2) is 4.10. The van der Waals surface area contributed by atoms with Crippen molar-refractivity contribution in [2.24, 2.45) is 5.73 Å². The Morgan fingerprint density at radius 2 is 2.00 bits per heavy atom. The van der Waals surface area contributed by atoms with Gasteiger partial charge >= 0.3 is 0 Å². The smallest absolute Gasteiger partial charge is 0.225 e. The van der Waals surface area contributed by atoms with Crippen molar-refractivity contribution in [3.05, 3.63) is 34.3 Å². The molecule has 1 aromatic carbocycles. The third kappa shape index (κ3) is 1.89. The first-order valence-electron chi connectivity index (χ1n) is 5.99. The van der Waals surface area contributed by atoms with Gasteiger partial charge in [-0.15, -0.1) is 0 Å². The zero-order valence-corrected chi connectivity index (χ0v) is 11.1. The van der Waals surface area contributed by atoms with Crippen molar-refractivity contribution in [1.82, 2.24) is 4.90 Å². The van der Waals surface area contributed by atoms with E-state index in [4.69, 9.17) is 5.73 Å². The molecule has 0 bridgehead atoms. The summed E-state index contributed by atoms with van der Waals surface area (Å²) in [5.74, 6) is 0.209. The number of carbonyl (C=O) groups excluding carboxylic acids is 1. The number of likely N-dealkylation sites (tertiary alicyclic amines) is 1. The van der Waals surface area contributed by atoms with Crippen LogP contribution in [0.25, 0.3) is 0 Å². The fraction of sp³-hybridized carbons (Fsp3) is 0.462. The fourth-order valence-corrected chi connectivity index (χ4v) is 3.18. The highest BCUT2D eigenvalue weighted by Crippen LogP contribution is 2.42. The van der Waals surface area contributed by atoms with Crippen molar-refractivity contribution in [3.8, 4) is 0 Å². The topological polar surface area (TPSA) is 46.3 Å². The minimum Gasteiger partial charge on any atom is -0.331 e. The van der Waals surface area contributed by atoms with Crippen LogP contribution in [-0.2, 0) is 4.79 Å². The van der Waals surface area contributed by atoms with Gasteiger partial charge in [0.15, 0.2) is 0 Å². The molecule has 2 aliphatic rings. The van der Waals surface area contributed by atoms with Gasteiger partial charge in [0, 0.05) is 23.0 Å². The summed E-state index contributed by atoms with van der Waals surface area (Å²) in [5.41, 5.74) is 7.28. The lowest BCUT2D eigenvalue weighted by molar-refractivity contribution is -0.129. The number of rotatable bonds is 2. The van der Waals surface area contributed by atoms with Crippen molar-refractivity contribution in [1.29, 1.82) is 0 Å². The molecule has 2 N–H and O–H groups in total. The predicted molar refractivity (Wildman–Crippen MR) is 69.3 cm³/mol.